The van der Waals surface area contributed by atoms with Gasteiger partial charge in [-0.1, -0.05) is 13.3 Å². The second kappa shape index (κ2) is 8.29. The summed E-state index contributed by atoms with van der Waals surface area (Å²) in [4.78, 5) is 10.8. The van der Waals surface area contributed by atoms with Crippen molar-refractivity contribution in [2.45, 2.75) is 37.5 Å². The van der Waals surface area contributed by atoms with Gasteiger partial charge in [0.2, 0.25) is 0 Å². The van der Waals surface area contributed by atoms with Crippen molar-refractivity contribution in [2.24, 2.45) is 0 Å². The molecular formula is C16H23NO3S. The largest absolute Gasteiger partial charge is 0.492 e. The molecule has 4 nitrogen and oxygen atoms in total. The molecule has 2 N–H and O–H groups in total. The van der Waals surface area contributed by atoms with Crippen LogP contribution in [0.2, 0.25) is 0 Å². The number of benzene rings is 1. The van der Waals surface area contributed by atoms with E-state index in [1.54, 1.807) is 24.3 Å². The number of hydrogen-bond donors (Lipinski definition) is 2. The third kappa shape index (κ3) is 4.93. The monoisotopic (exact) mass is 309 g/mol. The van der Waals surface area contributed by atoms with Crippen molar-refractivity contribution >= 4 is 17.7 Å². The average molecular weight is 309 g/mol. The van der Waals surface area contributed by atoms with Crippen LogP contribution in [0.15, 0.2) is 24.3 Å². The average Bonchev–Trinajstić information content (AvgIpc) is 2.92. The molecule has 0 saturated heterocycles. The van der Waals surface area contributed by atoms with E-state index in [4.69, 9.17) is 9.84 Å². The molecule has 116 valence electrons. The lowest BCUT2D eigenvalue weighted by molar-refractivity contribution is 0.0697. The minimum Gasteiger partial charge on any atom is -0.492 e. The quantitative estimate of drug-likeness (QED) is 0.723. The topological polar surface area (TPSA) is 58.6 Å². The number of carbonyl (C=O) groups is 1. The second-order valence-electron chi connectivity index (χ2n) is 5.16. The summed E-state index contributed by atoms with van der Waals surface area (Å²) >= 11 is 2.05. The highest BCUT2D eigenvalue weighted by Gasteiger charge is 2.26. The Hall–Kier alpha value is -1.20. The molecule has 0 amide bonds. The maximum Gasteiger partial charge on any atom is 0.335 e. The lowest BCUT2D eigenvalue weighted by Crippen LogP contribution is -2.36. The normalized spacial score (nSPS) is 21.4. The molecule has 1 saturated carbocycles. The molecule has 0 aliphatic heterocycles. The van der Waals surface area contributed by atoms with Crippen molar-refractivity contribution < 1.29 is 14.6 Å². The molecule has 1 fully saturated rings. The van der Waals surface area contributed by atoms with Crippen LogP contribution in [0.5, 0.6) is 5.75 Å². The van der Waals surface area contributed by atoms with Gasteiger partial charge in [0.1, 0.15) is 12.4 Å². The van der Waals surface area contributed by atoms with E-state index in [1.807, 2.05) is 11.8 Å². The molecule has 5 heteroatoms. The first kappa shape index (κ1) is 16.2. The highest BCUT2D eigenvalue weighted by Crippen LogP contribution is 2.29. The lowest BCUT2D eigenvalue weighted by atomic mass is 10.2. The van der Waals surface area contributed by atoms with Gasteiger partial charge in [-0.3, -0.25) is 0 Å². The SMILES string of the molecule is CCSC1CCCC1NCCOc1ccc(C(=O)O)cc1. The molecule has 21 heavy (non-hydrogen) atoms. The van der Waals surface area contributed by atoms with Gasteiger partial charge in [0.25, 0.3) is 0 Å². The van der Waals surface area contributed by atoms with Crippen molar-refractivity contribution in [2.75, 3.05) is 18.9 Å². The summed E-state index contributed by atoms with van der Waals surface area (Å²) in [5, 5.41) is 13.1. The number of ether oxygens (including phenoxy) is 1. The third-order valence-electron chi connectivity index (χ3n) is 3.71. The molecule has 2 rings (SSSR count). The highest BCUT2D eigenvalue weighted by atomic mass is 32.2. The van der Waals surface area contributed by atoms with Gasteiger partial charge >= 0.3 is 5.97 Å². The smallest absolute Gasteiger partial charge is 0.335 e. The number of thioether (sulfide) groups is 1. The van der Waals surface area contributed by atoms with Crippen LogP contribution < -0.4 is 10.1 Å². The van der Waals surface area contributed by atoms with E-state index < -0.39 is 5.97 Å². The van der Waals surface area contributed by atoms with Crippen molar-refractivity contribution in [1.29, 1.82) is 0 Å². The number of nitrogens with one attached hydrogen (secondary N) is 1. The van der Waals surface area contributed by atoms with Gasteiger partial charge in [0, 0.05) is 17.8 Å². The Labute approximate surface area is 130 Å². The molecule has 1 aromatic carbocycles. The summed E-state index contributed by atoms with van der Waals surface area (Å²) in [6, 6.07) is 7.14. The van der Waals surface area contributed by atoms with Crippen LogP contribution in [0.3, 0.4) is 0 Å². The fraction of sp³-hybridized carbons (Fsp3) is 0.562. The van der Waals surface area contributed by atoms with Gasteiger partial charge in [-0.05, 0) is 42.9 Å². The standard InChI is InChI=1S/C16H23NO3S/c1-2-21-15-5-3-4-14(15)17-10-11-20-13-8-6-12(7-9-13)16(18)19/h6-9,14-15,17H,2-5,10-11H2,1H3,(H,18,19). The Morgan fingerprint density at radius 3 is 2.81 bits per heavy atom. The first-order valence-electron chi connectivity index (χ1n) is 7.52. The molecule has 2 atom stereocenters. The maximum atomic E-state index is 10.8. The Balaban J connectivity index is 1.68. The highest BCUT2D eigenvalue weighted by molar-refractivity contribution is 7.99. The van der Waals surface area contributed by atoms with E-state index in [9.17, 15) is 4.79 Å². The zero-order chi connectivity index (χ0) is 15.1. The molecule has 0 heterocycles. The van der Waals surface area contributed by atoms with Crippen LogP contribution in [0.1, 0.15) is 36.5 Å². The van der Waals surface area contributed by atoms with E-state index in [1.165, 1.54) is 25.0 Å². The van der Waals surface area contributed by atoms with Crippen LogP contribution in [-0.2, 0) is 0 Å². The first-order valence-corrected chi connectivity index (χ1v) is 8.56. The van der Waals surface area contributed by atoms with Crippen molar-refractivity contribution in [1.82, 2.24) is 5.32 Å². The van der Waals surface area contributed by atoms with Crippen LogP contribution in [0.4, 0.5) is 0 Å². The molecular weight excluding hydrogens is 286 g/mol. The van der Waals surface area contributed by atoms with Crippen LogP contribution in [0, 0.1) is 0 Å². The summed E-state index contributed by atoms with van der Waals surface area (Å²) < 4.78 is 5.63. The van der Waals surface area contributed by atoms with Crippen molar-refractivity contribution in [3.63, 3.8) is 0 Å². The minimum absolute atomic E-state index is 0.283. The zero-order valence-electron chi connectivity index (χ0n) is 12.4. The summed E-state index contributed by atoms with van der Waals surface area (Å²) in [6.45, 7) is 3.64. The fourth-order valence-corrected chi connectivity index (χ4v) is 3.91. The van der Waals surface area contributed by atoms with Gasteiger partial charge in [0.05, 0.1) is 5.56 Å². The minimum atomic E-state index is -0.913. The fourth-order valence-electron chi connectivity index (χ4n) is 2.68. The molecule has 0 spiro atoms. The summed E-state index contributed by atoms with van der Waals surface area (Å²) in [7, 11) is 0. The summed E-state index contributed by atoms with van der Waals surface area (Å²) in [5.74, 6) is 0.978. The molecule has 1 aliphatic rings. The van der Waals surface area contributed by atoms with Crippen LogP contribution in [0.25, 0.3) is 0 Å². The second-order valence-corrected chi connectivity index (χ2v) is 6.68. The molecule has 0 bridgehead atoms. The Kier molecular flexibility index (Phi) is 6.39. The Morgan fingerprint density at radius 2 is 2.14 bits per heavy atom. The van der Waals surface area contributed by atoms with Gasteiger partial charge in [-0.2, -0.15) is 11.8 Å². The molecule has 0 radical (unpaired) electrons. The van der Waals surface area contributed by atoms with Gasteiger partial charge < -0.3 is 15.2 Å². The first-order chi connectivity index (χ1) is 10.2. The number of hydrogen-bond acceptors (Lipinski definition) is 4. The van der Waals surface area contributed by atoms with Crippen molar-refractivity contribution in [3.8, 4) is 5.75 Å². The zero-order valence-corrected chi connectivity index (χ0v) is 13.2. The number of carboxylic acids is 1. The van der Waals surface area contributed by atoms with E-state index >= 15 is 0 Å². The van der Waals surface area contributed by atoms with Crippen LogP contribution in [-0.4, -0.2) is 41.3 Å². The van der Waals surface area contributed by atoms with Gasteiger partial charge in [-0.25, -0.2) is 4.79 Å². The van der Waals surface area contributed by atoms with E-state index in [0.29, 0.717) is 18.4 Å². The van der Waals surface area contributed by atoms with E-state index in [-0.39, 0.29) is 5.56 Å². The number of carboxylic acid groups (broad SMARTS) is 1. The van der Waals surface area contributed by atoms with Gasteiger partial charge in [0.15, 0.2) is 0 Å². The summed E-state index contributed by atoms with van der Waals surface area (Å²) in [5.41, 5.74) is 0.283. The van der Waals surface area contributed by atoms with Crippen LogP contribution >= 0.6 is 11.8 Å². The van der Waals surface area contributed by atoms with Gasteiger partial charge in [-0.15, -0.1) is 0 Å². The van der Waals surface area contributed by atoms with E-state index in [2.05, 4.69) is 12.2 Å². The Bertz CT molecular complexity index is 449. The number of aromatic carboxylic acids is 1. The molecule has 1 aliphatic carbocycles. The summed E-state index contributed by atoms with van der Waals surface area (Å²) in [6.07, 6.45) is 3.88. The van der Waals surface area contributed by atoms with Crippen molar-refractivity contribution in [3.05, 3.63) is 29.8 Å². The predicted molar refractivity (Wildman–Crippen MR) is 86.5 cm³/mol. The lowest BCUT2D eigenvalue weighted by Gasteiger charge is -2.20. The molecule has 2 unspecified atom stereocenters. The molecule has 0 aromatic heterocycles. The maximum absolute atomic E-state index is 10.8. The predicted octanol–water partition coefficient (Wildman–Crippen LogP) is 3.03. The Morgan fingerprint density at radius 1 is 1.38 bits per heavy atom. The van der Waals surface area contributed by atoms with E-state index in [0.717, 1.165) is 11.8 Å². The molecule has 1 aromatic rings. The third-order valence-corrected chi connectivity index (χ3v) is 5.04. The number of rotatable bonds is 8.